The summed E-state index contributed by atoms with van der Waals surface area (Å²) in [4.78, 5) is 25.9. The molecule has 2 aliphatic rings. The lowest BCUT2D eigenvalue weighted by Gasteiger charge is -2.28. The molecule has 10 heteroatoms. The molecule has 1 aromatic carbocycles. The van der Waals surface area contributed by atoms with Crippen molar-refractivity contribution < 1.29 is 23.1 Å². The number of nitrogen functional groups attached to an aromatic ring is 1. The van der Waals surface area contributed by atoms with Crippen LogP contribution < -0.4 is 11.5 Å². The van der Waals surface area contributed by atoms with Crippen molar-refractivity contribution in [1.29, 1.82) is 0 Å². The predicted octanol–water partition coefficient (Wildman–Crippen LogP) is 3.48. The highest BCUT2D eigenvalue weighted by atomic mass is 19.3. The summed E-state index contributed by atoms with van der Waals surface area (Å²) >= 11 is 0. The molecule has 1 saturated heterocycles. The molecule has 2 amide bonds. The molecule has 34 heavy (non-hydrogen) atoms. The average Bonchev–Trinajstić information content (AvgIpc) is 3.22. The summed E-state index contributed by atoms with van der Waals surface area (Å²) in [5.74, 6) is -3.82. The average molecular weight is 476 g/mol. The highest BCUT2D eigenvalue weighted by Gasteiger charge is 2.48. The SMILES string of the molecule is CC(C)(C)OC(=O)N1CC(F)(F)C[C@H]1Cn1nc([C@@H]2CCc3ccccc3C2)c(C(N)=O)c1N. The van der Waals surface area contributed by atoms with Crippen LogP contribution in [-0.2, 0) is 24.1 Å². The van der Waals surface area contributed by atoms with Crippen molar-refractivity contribution in [3.63, 3.8) is 0 Å². The number of aryl methyl sites for hydroxylation is 1. The van der Waals surface area contributed by atoms with Crippen molar-refractivity contribution in [2.45, 2.75) is 76.5 Å². The first kappa shape index (κ1) is 24.0. The van der Waals surface area contributed by atoms with E-state index in [1.165, 1.54) is 15.8 Å². The number of halogens is 2. The Hall–Kier alpha value is -3.17. The number of rotatable bonds is 4. The highest BCUT2D eigenvalue weighted by molar-refractivity contribution is 5.98. The van der Waals surface area contributed by atoms with Crippen LogP contribution in [0.25, 0.3) is 0 Å². The second-order valence-corrected chi connectivity index (χ2v) is 10.2. The normalized spacial score (nSPS) is 21.9. The molecule has 1 aliphatic heterocycles. The Kier molecular flexibility index (Phi) is 6.03. The first-order valence-corrected chi connectivity index (χ1v) is 11.4. The van der Waals surface area contributed by atoms with Gasteiger partial charge in [-0.05, 0) is 51.2 Å². The van der Waals surface area contributed by atoms with E-state index in [0.717, 1.165) is 17.7 Å². The van der Waals surface area contributed by atoms with Gasteiger partial charge in [0.05, 0.1) is 24.8 Å². The third-order valence-corrected chi connectivity index (χ3v) is 6.39. The van der Waals surface area contributed by atoms with E-state index >= 15 is 0 Å². The molecule has 1 aliphatic carbocycles. The molecular formula is C24H31F2N5O3. The molecule has 1 aromatic heterocycles. The van der Waals surface area contributed by atoms with Crippen LogP contribution >= 0.6 is 0 Å². The van der Waals surface area contributed by atoms with E-state index in [1.54, 1.807) is 20.8 Å². The van der Waals surface area contributed by atoms with Crippen LogP contribution in [0.1, 0.15) is 66.7 Å². The summed E-state index contributed by atoms with van der Waals surface area (Å²) in [6, 6.07) is 7.19. The van der Waals surface area contributed by atoms with Gasteiger partial charge in [0.25, 0.3) is 11.8 Å². The Morgan fingerprint density at radius 1 is 1.24 bits per heavy atom. The lowest BCUT2D eigenvalue weighted by molar-refractivity contribution is -0.00253. The molecule has 0 bridgehead atoms. The maximum atomic E-state index is 14.3. The minimum atomic E-state index is -3.06. The standard InChI is InChI=1S/C24H31F2N5O3/c1-23(2,3)34-22(33)30-13-24(25,26)11-17(30)12-31-20(27)18(21(28)32)19(29-31)16-9-8-14-6-4-5-7-15(14)10-16/h4-7,16-17H,8-13,27H2,1-3H3,(H2,28,32)/t16-,17+/m1/s1. The lowest BCUT2D eigenvalue weighted by atomic mass is 9.81. The second kappa shape index (κ2) is 8.56. The van der Waals surface area contributed by atoms with Gasteiger partial charge in [-0.2, -0.15) is 5.10 Å². The number of likely N-dealkylation sites (tertiary alicyclic amines) is 1. The fourth-order valence-corrected chi connectivity index (χ4v) is 4.90. The fraction of sp³-hybridized carbons (Fsp3) is 0.542. The Labute approximate surface area is 197 Å². The number of amides is 2. The molecule has 4 rings (SSSR count). The summed E-state index contributed by atoms with van der Waals surface area (Å²) < 4.78 is 35.3. The van der Waals surface area contributed by atoms with Gasteiger partial charge < -0.3 is 16.2 Å². The number of fused-ring (bicyclic) bond motifs is 1. The number of nitrogens with zero attached hydrogens (tertiary/aromatic N) is 3. The molecule has 4 N–H and O–H groups in total. The molecule has 0 unspecified atom stereocenters. The maximum Gasteiger partial charge on any atom is 0.410 e. The van der Waals surface area contributed by atoms with E-state index < -0.39 is 42.5 Å². The summed E-state index contributed by atoms with van der Waals surface area (Å²) in [5, 5.41) is 4.57. The molecule has 2 aromatic rings. The zero-order valence-corrected chi connectivity index (χ0v) is 19.7. The van der Waals surface area contributed by atoms with E-state index in [1.807, 2.05) is 18.2 Å². The quantitative estimate of drug-likeness (QED) is 0.702. The number of carbonyl (C=O) groups is 2. The first-order chi connectivity index (χ1) is 15.8. The lowest BCUT2D eigenvalue weighted by Crippen LogP contribution is -2.42. The molecule has 184 valence electrons. The van der Waals surface area contributed by atoms with Gasteiger partial charge in [-0.25, -0.2) is 18.3 Å². The molecule has 2 atom stereocenters. The maximum absolute atomic E-state index is 14.3. The van der Waals surface area contributed by atoms with Crippen molar-refractivity contribution in [3.8, 4) is 0 Å². The van der Waals surface area contributed by atoms with Gasteiger partial charge in [-0.15, -0.1) is 0 Å². The monoisotopic (exact) mass is 475 g/mol. The van der Waals surface area contributed by atoms with E-state index in [4.69, 9.17) is 16.2 Å². The summed E-state index contributed by atoms with van der Waals surface area (Å²) in [5.41, 5.74) is 14.1. The first-order valence-electron chi connectivity index (χ1n) is 11.4. The number of carbonyl (C=O) groups excluding carboxylic acids is 2. The van der Waals surface area contributed by atoms with Gasteiger partial charge in [0.1, 0.15) is 17.0 Å². The van der Waals surface area contributed by atoms with Crippen LogP contribution in [0.5, 0.6) is 0 Å². The Balaban J connectivity index is 1.62. The highest BCUT2D eigenvalue weighted by Crippen LogP contribution is 2.37. The van der Waals surface area contributed by atoms with Crippen molar-refractivity contribution in [2.24, 2.45) is 5.73 Å². The fourth-order valence-electron chi connectivity index (χ4n) is 4.90. The van der Waals surface area contributed by atoms with Crippen LogP contribution in [0, 0.1) is 0 Å². The van der Waals surface area contributed by atoms with Crippen LogP contribution in [0.4, 0.5) is 19.4 Å². The number of hydrogen-bond donors (Lipinski definition) is 2. The number of alkyl halides is 2. The number of benzene rings is 1. The molecule has 1 fully saturated rings. The molecule has 8 nitrogen and oxygen atoms in total. The smallest absolute Gasteiger partial charge is 0.410 e. The zero-order chi connectivity index (χ0) is 24.8. The molecular weight excluding hydrogens is 444 g/mol. The third kappa shape index (κ3) is 4.85. The molecule has 0 radical (unpaired) electrons. The minimum Gasteiger partial charge on any atom is -0.444 e. The van der Waals surface area contributed by atoms with Crippen LogP contribution in [0.2, 0.25) is 0 Å². The van der Waals surface area contributed by atoms with Crippen molar-refractivity contribution in [1.82, 2.24) is 14.7 Å². The number of aromatic nitrogens is 2. The zero-order valence-electron chi connectivity index (χ0n) is 19.7. The number of primary amides is 1. The van der Waals surface area contributed by atoms with Gasteiger partial charge in [-0.1, -0.05) is 24.3 Å². The number of hydrogen-bond acceptors (Lipinski definition) is 5. The Morgan fingerprint density at radius 2 is 1.91 bits per heavy atom. The minimum absolute atomic E-state index is 0.0284. The van der Waals surface area contributed by atoms with Gasteiger partial charge in [0, 0.05) is 12.3 Å². The molecule has 2 heterocycles. The van der Waals surface area contributed by atoms with Gasteiger partial charge >= 0.3 is 6.09 Å². The third-order valence-electron chi connectivity index (χ3n) is 6.39. The Bertz CT molecular complexity index is 1110. The van der Waals surface area contributed by atoms with E-state index in [0.29, 0.717) is 12.1 Å². The van der Waals surface area contributed by atoms with Crippen LogP contribution in [0.15, 0.2) is 24.3 Å². The summed E-state index contributed by atoms with van der Waals surface area (Å²) in [6.07, 6.45) is 0.897. The summed E-state index contributed by atoms with van der Waals surface area (Å²) in [6.45, 7) is 4.18. The summed E-state index contributed by atoms with van der Waals surface area (Å²) in [7, 11) is 0. The van der Waals surface area contributed by atoms with E-state index in [-0.39, 0.29) is 23.8 Å². The predicted molar refractivity (Wildman–Crippen MR) is 123 cm³/mol. The van der Waals surface area contributed by atoms with Crippen molar-refractivity contribution in [3.05, 3.63) is 46.6 Å². The van der Waals surface area contributed by atoms with E-state index in [9.17, 15) is 18.4 Å². The van der Waals surface area contributed by atoms with Gasteiger partial charge in [0.15, 0.2) is 0 Å². The second-order valence-electron chi connectivity index (χ2n) is 10.2. The molecule has 0 spiro atoms. The number of nitrogens with two attached hydrogens (primary N) is 2. The van der Waals surface area contributed by atoms with Crippen molar-refractivity contribution >= 4 is 17.8 Å². The van der Waals surface area contributed by atoms with Crippen molar-refractivity contribution in [2.75, 3.05) is 12.3 Å². The van der Waals surface area contributed by atoms with Crippen LogP contribution in [-0.4, -0.2) is 50.8 Å². The number of ether oxygens (including phenoxy) is 1. The molecule has 0 saturated carbocycles. The van der Waals surface area contributed by atoms with Gasteiger partial charge in [0.2, 0.25) is 0 Å². The van der Waals surface area contributed by atoms with Crippen LogP contribution in [0.3, 0.4) is 0 Å². The van der Waals surface area contributed by atoms with Gasteiger partial charge in [-0.3, -0.25) is 9.69 Å². The largest absolute Gasteiger partial charge is 0.444 e. The Morgan fingerprint density at radius 3 is 2.56 bits per heavy atom. The van der Waals surface area contributed by atoms with E-state index in [2.05, 4.69) is 11.2 Å². The number of anilines is 1. The topological polar surface area (TPSA) is 116 Å².